The summed E-state index contributed by atoms with van der Waals surface area (Å²) >= 11 is 1.57. The molecule has 1 aromatic rings. The molecule has 0 unspecified atom stereocenters. The molecule has 0 bridgehead atoms. The summed E-state index contributed by atoms with van der Waals surface area (Å²) in [7, 11) is 3.76. The molecule has 0 N–H and O–H groups in total. The standard InChI is InChI=1S/C6H9N3S/c1-9(2)8-3-6-4-10-5-7-6/h3-5H,1-2H3/b8-3+. The van der Waals surface area contributed by atoms with E-state index in [-0.39, 0.29) is 0 Å². The van der Waals surface area contributed by atoms with E-state index in [9.17, 15) is 0 Å². The zero-order valence-electron chi connectivity index (χ0n) is 5.98. The van der Waals surface area contributed by atoms with Gasteiger partial charge in [-0.05, 0) is 0 Å². The molecule has 0 radical (unpaired) electrons. The third kappa shape index (κ3) is 2.14. The Labute approximate surface area is 64.0 Å². The molecule has 4 heteroatoms. The van der Waals surface area contributed by atoms with Gasteiger partial charge in [0.25, 0.3) is 0 Å². The molecular formula is C6H9N3S. The van der Waals surface area contributed by atoms with Crippen molar-refractivity contribution in [3.8, 4) is 0 Å². The molecule has 0 saturated carbocycles. The van der Waals surface area contributed by atoms with Crippen molar-refractivity contribution < 1.29 is 0 Å². The zero-order valence-corrected chi connectivity index (χ0v) is 6.80. The summed E-state index contributed by atoms with van der Waals surface area (Å²) in [4.78, 5) is 4.03. The van der Waals surface area contributed by atoms with Crippen molar-refractivity contribution in [2.24, 2.45) is 5.10 Å². The lowest BCUT2D eigenvalue weighted by Crippen LogP contribution is -2.01. The van der Waals surface area contributed by atoms with Crippen LogP contribution in [0, 0.1) is 0 Å². The Morgan fingerprint density at radius 1 is 1.70 bits per heavy atom. The SMILES string of the molecule is CN(C)/N=C/c1cscn1. The first-order chi connectivity index (χ1) is 4.79. The summed E-state index contributed by atoms with van der Waals surface area (Å²) < 4.78 is 0. The average Bonchev–Trinajstić information content (AvgIpc) is 2.34. The van der Waals surface area contributed by atoms with E-state index in [1.165, 1.54) is 0 Å². The summed E-state index contributed by atoms with van der Waals surface area (Å²) in [6.45, 7) is 0. The van der Waals surface area contributed by atoms with Crippen LogP contribution < -0.4 is 0 Å². The number of nitrogens with zero attached hydrogens (tertiary/aromatic N) is 3. The van der Waals surface area contributed by atoms with Gasteiger partial charge < -0.3 is 5.01 Å². The Bertz CT molecular complexity index is 203. The molecule has 0 aliphatic carbocycles. The van der Waals surface area contributed by atoms with Crippen molar-refractivity contribution in [2.75, 3.05) is 14.1 Å². The predicted octanol–water partition coefficient (Wildman–Crippen LogP) is 1.04. The highest BCUT2D eigenvalue weighted by molar-refractivity contribution is 7.07. The van der Waals surface area contributed by atoms with Gasteiger partial charge in [0.1, 0.15) is 0 Å². The molecule has 0 saturated heterocycles. The Morgan fingerprint density at radius 2 is 2.50 bits per heavy atom. The van der Waals surface area contributed by atoms with Crippen molar-refractivity contribution in [1.82, 2.24) is 9.99 Å². The predicted molar refractivity (Wildman–Crippen MR) is 43.4 cm³/mol. The van der Waals surface area contributed by atoms with Crippen LogP contribution >= 0.6 is 11.3 Å². The van der Waals surface area contributed by atoms with Crippen molar-refractivity contribution >= 4 is 17.6 Å². The van der Waals surface area contributed by atoms with Gasteiger partial charge in [0.2, 0.25) is 0 Å². The Kier molecular flexibility index (Phi) is 2.39. The molecule has 3 nitrogen and oxygen atoms in total. The minimum atomic E-state index is 0.915. The maximum absolute atomic E-state index is 4.03. The topological polar surface area (TPSA) is 28.5 Å². The third-order valence-electron chi connectivity index (χ3n) is 0.872. The van der Waals surface area contributed by atoms with Crippen molar-refractivity contribution in [2.45, 2.75) is 0 Å². The van der Waals surface area contributed by atoms with Crippen LogP contribution in [-0.2, 0) is 0 Å². The van der Waals surface area contributed by atoms with Crippen molar-refractivity contribution in [1.29, 1.82) is 0 Å². The van der Waals surface area contributed by atoms with Gasteiger partial charge in [0, 0.05) is 19.5 Å². The maximum atomic E-state index is 4.03. The molecular weight excluding hydrogens is 146 g/mol. The summed E-state index contributed by atoms with van der Waals surface area (Å²) in [5.41, 5.74) is 2.70. The van der Waals surface area contributed by atoms with Gasteiger partial charge >= 0.3 is 0 Å². The summed E-state index contributed by atoms with van der Waals surface area (Å²) in [6.07, 6.45) is 1.73. The number of hydrogen-bond donors (Lipinski definition) is 0. The minimum absolute atomic E-state index is 0.915. The molecule has 0 amide bonds. The van der Waals surface area contributed by atoms with Crippen LogP contribution in [0.2, 0.25) is 0 Å². The molecule has 0 spiro atoms. The quantitative estimate of drug-likeness (QED) is 0.471. The van der Waals surface area contributed by atoms with Crippen LogP contribution in [0.25, 0.3) is 0 Å². The van der Waals surface area contributed by atoms with Gasteiger partial charge in [-0.2, -0.15) is 5.10 Å². The largest absolute Gasteiger partial charge is 0.303 e. The van der Waals surface area contributed by atoms with E-state index >= 15 is 0 Å². The summed E-state index contributed by atoms with van der Waals surface area (Å²) in [5.74, 6) is 0. The molecule has 1 aromatic heterocycles. The van der Waals surface area contributed by atoms with Gasteiger partial charge in [-0.1, -0.05) is 0 Å². The molecule has 10 heavy (non-hydrogen) atoms. The minimum Gasteiger partial charge on any atom is -0.303 e. The van der Waals surface area contributed by atoms with Gasteiger partial charge in [-0.15, -0.1) is 11.3 Å². The fraction of sp³-hybridized carbons (Fsp3) is 0.333. The van der Waals surface area contributed by atoms with E-state index in [4.69, 9.17) is 0 Å². The van der Waals surface area contributed by atoms with E-state index in [0.29, 0.717) is 0 Å². The molecule has 0 atom stereocenters. The number of hydrogen-bond acceptors (Lipinski definition) is 4. The van der Waals surface area contributed by atoms with E-state index in [1.54, 1.807) is 28.1 Å². The van der Waals surface area contributed by atoms with E-state index in [2.05, 4.69) is 10.1 Å². The highest BCUT2D eigenvalue weighted by atomic mass is 32.1. The number of hydrazone groups is 1. The van der Waals surface area contributed by atoms with Crippen LogP contribution in [0.4, 0.5) is 0 Å². The van der Waals surface area contributed by atoms with Crippen molar-refractivity contribution in [3.63, 3.8) is 0 Å². The Morgan fingerprint density at radius 3 is 3.00 bits per heavy atom. The first kappa shape index (κ1) is 7.21. The second-order valence-corrected chi connectivity index (χ2v) is 2.72. The van der Waals surface area contributed by atoms with Gasteiger partial charge in [-0.25, -0.2) is 4.98 Å². The lowest BCUT2D eigenvalue weighted by Gasteiger charge is -1.99. The van der Waals surface area contributed by atoms with Gasteiger partial charge in [0.05, 0.1) is 17.4 Å². The molecule has 0 aromatic carbocycles. The van der Waals surface area contributed by atoms with Gasteiger partial charge in [0.15, 0.2) is 0 Å². The second-order valence-electron chi connectivity index (χ2n) is 2.01. The Balaban J connectivity index is 2.55. The monoisotopic (exact) mass is 155 g/mol. The fourth-order valence-corrected chi connectivity index (χ4v) is 0.965. The second kappa shape index (κ2) is 3.31. The van der Waals surface area contributed by atoms with Crippen LogP contribution in [0.1, 0.15) is 5.69 Å². The Hall–Kier alpha value is -0.900. The third-order valence-corrected chi connectivity index (χ3v) is 1.48. The highest BCUT2D eigenvalue weighted by Crippen LogP contribution is 1.96. The normalized spacial score (nSPS) is 10.6. The van der Waals surface area contributed by atoms with Crippen LogP contribution in [-0.4, -0.2) is 30.3 Å². The highest BCUT2D eigenvalue weighted by Gasteiger charge is 1.86. The molecule has 54 valence electrons. The van der Waals surface area contributed by atoms with E-state index < -0.39 is 0 Å². The number of aromatic nitrogens is 1. The van der Waals surface area contributed by atoms with E-state index in [1.807, 2.05) is 19.5 Å². The first-order valence-corrected chi connectivity index (χ1v) is 3.83. The molecule has 0 fully saturated rings. The smallest absolute Gasteiger partial charge is 0.0939 e. The summed E-state index contributed by atoms with van der Waals surface area (Å²) in [5, 5.41) is 7.71. The van der Waals surface area contributed by atoms with Gasteiger partial charge in [-0.3, -0.25) is 0 Å². The van der Waals surface area contributed by atoms with Crippen LogP contribution in [0.3, 0.4) is 0 Å². The van der Waals surface area contributed by atoms with Crippen molar-refractivity contribution in [3.05, 3.63) is 16.6 Å². The molecule has 0 aliphatic rings. The van der Waals surface area contributed by atoms with Crippen LogP contribution in [0.15, 0.2) is 16.0 Å². The zero-order chi connectivity index (χ0) is 7.40. The number of rotatable bonds is 2. The maximum Gasteiger partial charge on any atom is 0.0939 e. The molecule has 1 rings (SSSR count). The lowest BCUT2D eigenvalue weighted by atomic mass is 10.6. The average molecular weight is 155 g/mol. The van der Waals surface area contributed by atoms with E-state index in [0.717, 1.165) is 5.69 Å². The molecule has 0 aliphatic heterocycles. The first-order valence-electron chi connectivity index (χ1n) is 2.88. The molecule has 1 heterocycles. The lowest BCUT2D eigenvalue weighted by molar-refractivity contribution is 0.440. The van der Waals surface area contributed by atoms with Crippen LogP contribution in [0.5, 0.6) is 0 Å². The number of thiazole rings is 1. The summed E-state index contributed by atoms with van der Waals surface area (Å²) in [6, 6.07) is 0. The fourth-order valence-electron chi connectivity index (χ4n) is 0.460.